The Kier molecular flexibility index (Phi) is 9.37. The van der Waals surface area contributed by atoms with Gasteiger partial charge in [-0.25, -0.2) is 4.98 Å². The first-order valence-corrected chi connectivity index (χ1v) is 14.4. The number of phenols is 1. The molecule has 0 aliphatic rings. The van der Waals surface area contributed by atoms with Gasteiger partial charge >= 0.3 is 21.1 Å². The van der Waals surface area contributed by atoms with E-state index in [1.807, 2.05) is 48.7 Å². The van der Waals surface area contributed by atoms with Crippen LogP contribution in [0.5, 0.6) is 5.75 Å². The van der Waals surface area contributed by atoms with Gasteiger partial charge in [-0.15, -0.1) is 29.3 Å². The first kappa shape index (κ1) is 32.9. The first-order chi connectivity index (χ1) is 20.0. The Labute approximate surface area is 276 Å². The van der Waals surface area contributed by atoms with Crippen LogP contribution in [0.1, 0.15) is 52.7 Å². The van der Waals surface area contributed by atoms with Crippen molar-refractivity contribution in [3.05, 3.63) is 128 Å². The summed E-state index contributed by atoms with van der Waals surface area (Å²) < 4.78 is 2.15. The molecule has 0 bridgehead atoms. The molecule has 6 rings (SSSR count). The summed E-state index contributed by atoms with van der Waals surface area (Å²) in [4.78, 5) is 9.91. The Hall–Kier alpha value is -4.01. The SMILES string of the molecule is CC(C)(C)c1cc(-c2ccccn2)[c-]c(-c2cccc3c2nc(-c2cc(C(C)(C)C)ccc2O)n3-c2ccccc2)c1.[CH3-].[Pt+2]. The number of phenolic OH excluding ortho intramolecular Hbond substituents is 1. The van der Waals surface area contributed by atoms with Crippen molar-refractivity contribution in [1.29, 1.82) is 0 Å². The second kappa shape index (κ2) is 12.5. The van der Waals surface area contributed by atoms with Crippen LogP contribution >= 0.6 is 0 Å². The molecule has 4 nitrogen and oxygen atoms in total. The molecule has 44 heavy (non-hydrogen) atoms. The largest absolute Gasteiger partial charge is 2.00 e. The number of para-hydroxylation sites is 2. The van der Waals surface area contributed by atoms with Gasteiger partial charge in [0.1, 0.15) is 11.6 Å². The number of rotatable bonds is 4. The molecule has 6 aromatic rings. The number of benzene rings is 4. The molecule has 0 unspecified atom stereocenters. The van der Waals surface area contributed by atoms with Crippen LogP contribution in [-0.4, -0.2) is 19.6 Å². The molecule has 4 aromatic carbocycles. The number of hydrogen-bond donors (Lipinski definition) is 1. The van der Waals surface area contributed by atoms with E-state index in [1.165, 1.54) is 5.56 Å². The van der Waals surface area contributed by atoms with E-state index in [1.54, 1.807) is 6.07 Å². The van der Waals surface area contributed by atoms with E-state index in [9.17, 15) is 5.11 Å². The van der Waals surface area contributed by atoms with Gasteiger partial charge in [0, 0.05) is 17.6 Å². The van der Waals surface area contributed by atoms with Gasteiger partial charge in [-0.05, 0) is 52.8 Å². The van der Waals surface area contributed by atoms with Gasteiger partial charge in [0.05, 0.1) is 16.6 Å². The maximum absolute atomic E-state index is 11.2. The number of pyridine rings is 1. The molecule has 0 saturated heterocycles. The molecular weight excluding hydrogens is 722 g/mol. The van der Waals surface area contributed by atoms with Gasteiger partial charge in [-0.2, -0.15) is 0 Å². The molecule has 0 atom stereocenters. The molecule has 0 fully saturated rings. The molecule has 2 aromatic heterocycles. The quantitative estimate of drug-likeness (QED) is 0.182. The Balaban J connectivity index is 0.00000221. The van der Waals surface area contributed by atoms with Crippen LogP contribution in [-0.2, 0) is 31.9 Å². The summed E-state index contributed by atoms with van der Waals surface area (Å²) in [5, 5.41) is 11.2. The minimum Gasteiger partial charge on any atom is -0.507 e. The molecule has 0 radical (unpaired) electrons. The van der Waals surface area contributed by atoms with Gasteiger partial charge in [-0.3, -0.25) is 9.55 Å². The van der Waals surface area contributed by atoms with E-state index in [-0.39, 0.29) is 45.1 Å². The summed E-state index contributed by atoms with van der Waals surface area (Å²) >= 11 is 0. The monoisotopic (exact) mass is 760 g/mol. The molecule has 0 aliphatic carbocycles. The maximum atomic E-state index is 11.2. The van der Waals surface area contributed by atoms with Crippen LogP contribution in [0.4, 0.5) is 0 Å². The van der Waals surface area contributed by atoms with Crippen LogP contribution in [0.15, 0.2) is 103 Å². The molecule has 0 saturated carbocycles. The van der Waals surface area contributed by atoms with Crippen LogP contribution in [0.2, 0.25) is 0 Å². The van der Waals surface area contributed by atoms with Crippen LogP contribution < -0.4 is 0 Å². The molecule has 0 aliphatic heterocycles. The Morgan fingerprint density at radius 1 is 0.682 bits per heavy atom. The molecular formula is C39H39N3OPt. The van der Waals surface area contributed by atoms with E-state index in [4.69, 9.17) is 4.98 Å². The molecule has 1 N–H and O–H groups in total. The van der Waals surface area contributed by atoms with E-state index >= 15 is 0 Å². The molecule has 226 valence electrons. The fourth-order valence-electron chi connectivity index (χ4n) is 5.33. The summed E-state index contributed by atoms with van der Waals surface area (Å²) in [6.45, 7) is 13.2. The fraction of sp³-hybridized carbons (Fsp3) is 0.205. The smallest absolute Gasteiger partial charge is 0.507 e. The predicted octanol–water partition coefficient (Wildman–Crippen LogP) is 9.97. The Morgan fingerprint density at radius 2 is 1.36 bits per heavy atom. The number of aromatic hydroxyl groups is 1. The van der Waals surface area contributed by atoms with Gasteiger partial charge in [0.25, 0.3) is 0 Å². The van der Waals surface area contributed by atoms with Crippen molar-refractivity contribution in [3.63, 3.8) is 0 Å². The summed E-state index contributed by atoms with van der Waals surface area (Å²) in [6.07, 6.45) is 1.82. The van der Waals surface area contributed by atoms with E-state index in [0.717, 1.165) is 44.7 Å². The average Bonchev–Trinajstić information content (AvgIpc) is 3.36. The van der Waals surface area contributed by atoms with Gasteiger partial charge in [-0.1, -0.05) is 101 Å². The molecule has 2 heterocycles. The minimum atomic E-state index is -0.0819. The third-order valence-electron chi connectivity index (χ3n) is 7.77. The van der Waals surface area contributed by atoms with E-state index < -0.39 is 0 Å². The number of hydrogen-bond acceptors (Lipinski definition) is 3. The minimum absolute atomic E-state index is 0. The number of fused-ring (bicyclic) bond motifs is 1. The van der Waals surface area contributed by atoms with Crippen LogP contribution in [0.25, 0.3) is 50.5 Å². The zero-order valence-electron chi connectivity index (χ0n) is 26.4. The molecule has 0 amide bonds. The third-order valence-corrected chi connectivity index (χ3v) is 7.77. The second-order valence-corrected chi connectivity index (χ2v) is 12.9. The standard InChI is InChI=1S/C38H36N3O.CH3.Pt/c1-37(2,3)27-18-19-34(42)31(24-27)36-40-35-30(15-12-17-33(35)41(36)29-13-8-7-9-14-29)25-21-26(32-16-10-11-20-39-32)23-28(22-25)38(4,5)6;;/h7-20,22-24,42H,1-6H3;1H3;/q2*-1;+2. The van der Waals surface area contributed by atoms with Gasteiger partial charge in [0.2, 0.25) is 0 Å². The summed E-state index contributed by atoms with van der Waals surface area (Å²) in [5.74, 6) is 0.903. The molecule has 5 heteroatoms. The maximum Gasteiger partial charge on any atom is 2.00 e. The molecule has 0 spiro atoms. The second-order valence-electron chi connectivity index (χ2n) is 12.9. The van der Waals surface area contributed by atoms with Crippen LogP contribution in [0.3, 0.4) is 0 Å². The van der Waals surface area contributed by atoms with Crippen molar-refractivity contribution in [2.75, 3.05) is 0 Å². The predicted molar refractivity (Wildman–Crippen MR) is 179 cm³/mol. The number of nitrogens with zero attached hydrogens (tertiary/aromatic N) is 3. The van der Waals surface area contributed by atoms with E-state index in [0.29, 0.717) is 11.4 Å². The fourth-order valence-corrected chi connectivity index (χ4v) is 5.33. The zero-order chi connectivity index (χ0) is 29.6. The zero-order valence-corrected chi connectivity index (χ0v) is 28.7. The van der Waals surface area contributed by atoms with Gasteiger partial charge < -0.3 is 12.5 Å². The van der Waals surface area contributed by atoms with Crippen molar-refractivity contribution in [2.45, 2.75) is 52.4 Å². The van der Waals surface area contributed by atoms with E-state index in [2.05, 4.69) is 106 Å². The third kappa shape index (κ3) is 6.28. The Morgan fingerprint density at radius 3 is 2.02 bits per heavy atom. The van der Waals surface area contributed by atoms with Crippen molar-refractivity contribution in [3.8, 4) is 45.2 Å². The van der Waals surface area contributed by atoms with Crippen LogP contribution in [0, 0.1) is 13.5 Å². The normalized spacial score (nSPS) is 11.6. The van der Waals surface area contributed by atoms with Crippen molar-refractivity contribution in [2.24, 2.45) is 0 Å². The van der Waals surface area contributed by atoms with Crippen molar-refractivity contribution in [1.82, 2.24) is 14.5 Å². The van der Waals surface area contributed by atoms with Crippen molar-refractivity contribution < 1.29 is 26.2 Å². The summed E-state index contributed by atoms with van der Waals surface area (Å²) in [6, 6.07) is 36.4. The summed E-state index contributed by atoms with van der Waals surface area (Å²) in [7, 11) is 0. The first-order valence-electron chi connectivity index (χ1n) is 14.4. The number of aromatic nitrogens is 3. The Bertz CT molecular complexity index is 1900. The average molecular weight is 761 g/mol. The van der Waals surface area contributed by atoms with Gasteiger partial charge in [0.15, 0.2) is 0 Å². The topological polar surface area (TPSA) is 50.9 Å². The summed E-state index contributed by atoms with van der Waals surface area (Å²) in [5.41, 5.74) is 9.46. The number of imidazole rings is 1. The van der Waals surface area contributed by atoms with Crippen molar-refractivity contribution >= 4 is 11.0 Å².